The molecule has 1 saturated heterocycles. The molecule has 1 saturated carbocycles. The van der Waals surface area contributed by atoms with E-state index >= 15 is 0 Å². The number of aromatic nitrogens is 1. The quantitative estimate of drug-likeness (QED) is 0.895. The molecular weight excluding hydrogens is 288 g/mol. The predicted octanol–water partition coefficient (Wildman–Crippen LogP) is 1.45. The number of rotatable bonds is 5. The fraction of sp³-hybridized carbons (Fsp3) is 0.667. The summed E-state index contributed by atoms with van der Waals surface area (Å²) in [6.45, 7) is 5.89. The van der Waals surface area contributed by atoms with Crippen LogP contribution in [0.15, 0.2) is 12.3 Å². The van der Waals surface area contributed by atoms with Gasteiger partial charge in [-0.1, -0.05) is 11.6 Å². The highest BCUT2D eigenvalue weighted by molar-refractivity contribution is 6.31. The monoisotopic (exact) mass is 310 g/mol. The van der Waals surface area contributed by atoms with Crippen molar-refractivity contribution in [2.24, 2.45) is 0 Å². The minimum absolute atomic E-state index is 0.0731. The first-order valence-electron chi connectivity index (χ1n) is 7.71. The summed E-state index contributed by atoms with van der Waals surface area (Å²) < 4.78 is 2.05. The molecule has 1 amide bonds. The Morgan fingerprint density at radius 1 is 1.43 bits per heavy atom. The number of halogens is 1. The molecule has 21 heavy (non-hydrogen) atoms. The number of likely N-dealkylation sites (N-methyl/N-ethyl adjacent to an activating group) is 1. The average molecular weight is 311 g/mol. The molecule has 2 heterocycles. The second-order valence-corrected chi connectivity index (χ2v) is 6.44. The lowest BCUT2D eigenvalue weighted by atomic mass is 10.3. The smallest absolute Gasteiger partial charge is 0.270 e. The van der Waals surface area contributed by atoms with E-state index in [4.69, 9.17) is 11.6 Å². The van der Waals surface area contributed by atoms with Gasteiger partial charge < -0.3 is 14.8 Å². The van der Waals surface area contributed by atoms with E-state index in [1.165, 1.54) is 0 Å². The number of nitrogens with zero attached hydrogens (tertiary/aromatic N) is 3. The van der Waals surface area contributed by atoms with Crippen molar-refractivity contribution in [3.05, 3.63) is 23.0 Å². The van der Waals surface area contributed by atoms with Crippen LogP contribution in [0.3, 0.4) is 0 Å². The number of carbonyl (C=O) groups is 1. The zero-order valence-electron chi connectivity index (χ0n) is 12.5. The molecule has 116 valence electrons. The molecule has 3 rings (SSSR count). The van der Waals surface area contributed by atoms with Crippen LogP contribution >= 0.6 is 11.6 Å². The topological polar surface area (TPSA) is 40.5 Å². The third kappa shape index (κ3) is 3.59. The molecule has 1 N–H and O–H groups in total. The van der Waals surface area contributed by atoms with Crippen LogP contribution in [0.5, 0.6) is 0 Å². The Balaban J connectivity index is 1.58. The molecule has 0 radical (unpaired) electrons. The van der Waals surface area contributed by atoms with Crippen LogP contribution in [0.4, 0.5) is 0 Å². The van der Waals surface area contributed by atoms with Crippen molar-refractivity contribution in [3.8, 4) is 0 Å². The second-order valence-electron chi connectivity index (χ2n) is 6.00. The summed E-state index contributed by atoms with van der Waals surface area (Å²) >= 11 is 6.08. The first-order chi connectivity index (χ1) is 10.1. The van der Waals surface area contributed by atoms with E-state index in [2.05, 4.69) is 10.2 Å². The highest BCUT2D eigenvalue weighted by Crippen LogP contribution is 2.37. The van der Waals surface area contributed by atoms with Crippen molar-refractivity contribution in [1.82, 2.24) is 19.7 Å². The molecule has 1 aromatic rings. The lowest BCUT2D eigenvalue weighted by Crippen LogP contribution is -2.46. The Morgan fingerprint density at radius 3 is 2.81 bits per heavy atom. The van der Waals surface area contributed by atoms with Crippen molar-refractivity contribution >= 4 is 17.5 Å². The third-order valence-corrected chi connectivity index (χ3v) is 4.49. The van der Waals surface area contributed by atoms with Gasteiger partial charge in [-0.05, 0) is 18.9 Å². The Bertz CT molecular complexity index is 506. The van der Waals surface area contributed by atoms with Gasteiger partial charge in [-0.2, -0.15) is 0 Å². The number of piperazine rings is 1. The summed E-state index contributed by atoms with van der Waals surface area (Å²) in [4.78, 5) is 16.8. The van der Waals surface area contributed by atoms with E-state index in [9.17, 15) is 4.79 Å². The van der Waals surface area contributed by atoms with Crippen LogP contribution in [0.1, 0.15) is 29.4 Å². The Hall–Kier alpha value is -1.04. The minimum atomic E-state index is 0.0731. The maximum atomic E-state index is 12.6. The maximum absolute atomic E-state index is 12.6. The molecule has 1 aromatic heterocycles. The number of amides is 1. The minimum Gasteiger partial charge on any atom is -0.339 e. The Morgan fingerprint density at radius 2 is 2.14 bits per heavy atom. The molecular formula is C15H23ClN4O. The van der Waals surface area contributed by atoms with Gasteiger partial charge in [-0.25, -0.2) is 0 Å². The molecule has 2 aliphatic rings. The van der Waals surface area contributed by atoms with E-state index in [1.54, 1.807) is 6.07 Å². The van der Waals surface area contributed by atoms with Gasteiger partial charge in [0.25, 0.3) is 5.91 Å². The first kappa shape index (κ1) is 14.9. The highest BCUT2D eigenvalue weighted by atomic mass is 35.5. The van der Waals surface area contributed by atoms with Crippen LogP contribution in [0.25, 0.3) is 0 Å². The normalized spacial score (nSPS) is 19.7. The van der Waals surface area contributed by atoms with E-state index in [1.807, 2.05) is 22.7 Å². The molecule has 1 aliphatic heterocycles. The van der Waals surface area contributed by atoms with Crippen LogP contribution in [-0.4, -0.2) is 66.6 Å². The Kier molecular flexibility index (Phi) is 4.52. The van der Waals surface area contributed by atoms with Crippen molar-refractivity contribution in [2.45, 2.75) is 18.9 Å². The number of carbonyl (C=O) groups excluding carboxylic acids is 1. The molecule has 0 spiro atoms. The number of hydrogen-bond acceptors (Lipinski definition) is 3. The fourth-order valence-electron chi connectivity index (χ4n) is 2.80. The van der Waals surface area contributed by atoms with Gasteiger partial charge in [-0.15, -0.1) is 0 Å². The zero-order valence-corrected chi connectivity index (χ0v) is 13.3. The van der Waals surface area contributed by atoms with Crippen molar-refractivity contribution in [1.29, 1.82) is 0 Å². The van der Waals surface area contributed by atoms with Gasteiger partial charge in [0.15, 0.2) is 0 Å². The maximum Gasteiger partial charge on any atom is 0.270 e. The average Bonchev–Trinajstić information content (AvgIpc) is 3.27. The van der Waals surface area contributed by atoms with Crippen LogP contribution in [0.2, 0.25) is 5.02 Å². The molecule has 0 aromatic carbocycles. The van der Waals surface area contributed by atoms with Gasteiger partial charge >= 0.3 is 0 Å². The molecule has 0 atom stereocenters. The van der Waals surface area contributed by atoms with Crippen molar-refractivity contribution < 1.29 is 4.79 Å². The zero-order chi connectivity index (χ0) is 14.8. The second kappa shape index (κ2) is 6.38. The number of nitrogens with one attached hydrogen (secondary N) is 1. The van der Waals surface area contributed by atoms with Crippen molar-refractivity contribution in [2.75, 3.05) is 46.3 Å². The van der Waals surface area contributed by atoms with Gasteiger partial charge in [0, 0.05) is 58.6 Å². The summed E-state index contributed by atoms with van der Waals surface area (Å²) in [5, 5.41) is 3.99. The standard InChI is InChI=1S/C15H23ClN4O/c1-18(8-9-19-6-4-17-5-7-19)15(21)14-10-12(16)11-20(14)13-2-3-13/h10-11,13,17H,2-9H2,1H3. The van der Waals surface area contributed by atoms with Crippen LogP contribution in [0, 0.1) is 0 Å². The summed E-state index contributed by atoms with van der Waals surface area (Å²) in [5.74, 6) is 0.0731. The van der Waals surface area contributed by atoms with Gasteiger partial charge in [0.2, 0.25) is 0 Å². The fourth-order valence-corrected chi connectivity index (χ4v) is 3.00. The molecule has 2 fully saturated rings. The van der Waals surface area contributed by atoms with Gasteiger partial charge in [0.05, 0.1) is 5.02 Å². The summed E-state index contributed by atoms with van der Waals surface area (Å²) in [6.07, 6.45) is 4.18. The summed E-state index contributed by atoms with van der Waals surface area (Å²) in [6, 6.07) is 2.27. The molecule has 0 unspecified atom stereocenters. The first-order valence-corrected chi connectivity index (χ1v) is 8.09. The van der Waals surface area contributed by atoms with Crippen LogP contribution in [-0.2, 0) is 0 Å². The van der Waals surface area contributed by atoms with E-state index < -0.39 is 0 Å². The molecule has 5 nitrogen and oxygen atoms in total. The van der Waals surface area contributed by atoms with E-state index in [-0.39, 0.29) is 5.91 Å². The van der Waals surface area contributed by atoms with E-state index in [0.717, 1.165) is 57.8 Å². The molecule has 1 aliphatic carbocycles. The van der Waals surface area contributed by atoms with Gasteiger partial charge in [-0.3, -0.25) is 9.69 Å². The van der Waals surface area contributed by atoms with Crippen LogP contribution < -0.4 is 5.32 Å². The van der Waals surface area contributed by atoms with Crippen molar-refractivity contribution in [3.63, 3.8) is 0 Å². The SMILES string of the molecule is CN(CCN1CCNCC1)C(=O)c1cc(Cl)cn1C1CC1. The number of hydrogen-bond donors (Lipinski definition) is 1. The predicted molar refractivity (Wildman–Crippen MR) is 84.0 cm³/mol. The molecule has 6 heteroatoms. The third-order valence-electron chi connectivity index (χ3n) is 4.28. The summed E-state index contributed by atoms with van der Waals surface area (Å²) in [7, 11) is 1.88. The largest absolute Gasteiger partial charge is 0.339 e. The summed E-state index contributed by atoms with van der Waals surface area (Å²) in [5.41, 5.74) is 0.727. The Labute approximate surface area is 130 Å². The lowest BCUT2D eigenvalue weighted by molar-refractivity contribution is 0.0764. The lowest BCUT2D eigenvalue weighted by Gasteiger charge is -2.29. The van der Waals surface area contributed by atoms with E-state index in [0.29, 0.717) is 11.1 Å². The van der Waals surface area contributed by atoms with Gasteiger partial charge in [0.1, 0.15) is 5.69 Å². The molecule has 0 bridgehead atoms. The highest BCUT2D eigenvalue weighted by Gasteiger charge is 2.28.